The smallest absolute Gasteiger partial charge is 0.00443 e. The zero-order valence-corrected chi connectivity index (χ0v) is 9.84. The molecular weight excluding hydrogens is 206 g/mol. The van der Waals surface area contributed by atoms with Crippen molar-refractivity contribution in [1.29, 1.82) is 0 Å². The van der Waals surface area contributed by atoms with Gasteiger partial charge in [0, 0.05) is 24.9 Å². The molecule has 1 N–H and O–H groups in total. The Morgan fingerprint density at radius 1 is 0.647 bits per heavy atom. The molecule has 1 aliphatic heterocycles. The van der Waals surface area contributed by atoms with E-state index in [-0.39, 0.29) is 0 Å². The van der Waals surface area contributed by atoms with E-state index in [0.29, 0.717) is 11.8 Å². The molecule has 1 aliphatic rings. The Bertz CT molecular complexity index is 418. The third kappa shape index (κ3) is 2.11. The van der Waals surface area contributed by atoms with Gasteiger partial charge in [0.25, 0.3) is 0 Å². The number of benzene rings is 2. The average molecular weight is 223 g/mol. The van der Waals surface area contributed by atoms with Gasteiger partial charge in [-0.3, -0.25) is 0 Å². The number of hydrogen-bond donors (Lipinski definition) is 1. The molecule has 2 aromatic carbocycles. The Balaban J connectivity index is 1.91. The molecule has 0 radical (unpaired) electrons. The lowest BCUT2D eigenvalue weighted by molar-refractivity contribution is 0.666. The molecule has 3 rings (SSSR count). The van der Waals surface area contributed by atoms with Crippen molar-refractivity contribution in [2.75, 3.05) is 13.1 Å². The average Bonchev–Trinajstić information content (AvgIpc) is 2.90. The van der Waals surface area contributed by atoms with E-state index >= 15 is 0 Å². The fraction of sp³-hybridized carbons (Fsp3) is 0.250. The summed E-state index contributed by atoms with van der Waals surface area (Å²) >= 11 is 0. The molecule has 0 spiro atoms. The summed E-state index contributed by atoms with van der Waals surface area (Å²) in [5, 5.41) is 3.52. The van der Waals surface area contributed by atoms with E-state index in [1.807, 2.05) is 0 Å². The highest BCUT2D eigenvalue weighted by atomic mass is 14.9. The van der Waals surface area contributed by atoms with E-state index in [2.05, 4.69) is 66.0 Å². The van der Waals surface area contributed by atoms with Gasteiger partial charge in [0.2, 0.25) is 0 Å². The summed E-state index contributed by atoms with van der Waals surface area (Å²) < 4.78 is 0. The summed E-state index contributed by atoms with van der Waals surface area (Å²) in [4.78, 5) is 0. The summed E-state index contributed by atoms with van der Waals surface area (Å²) in [6.07, 6.45) is 0. The largest absolute Gasteiger partial charge is 0.315 e. The highest BCUT2D eigenvalue weighted by molar-refractivity contribution is 5.31. The first kappa shape index (κ1) is 10.5. The second-order valence-corrected chi connectivity index (χ2v) is 4.69. The minimum Gasteiger partial charge on any atom is -0.315 e. The van der Waals surface area contributed by atoms with Crippen LogP contribution in [0.15, 0.2) is 60.7 Å². The van der Waals surface area contributed by atoms with Crippen LogP contribution < -0.4 is 5.32 Å². The van der Waals surface area contributed by atoms with Gasteiger partial charge < -0.3 is 5.32 Å². The van der Waals surface area contributed by atoms with E-state index < -0.39 is 0 Å². The molecule has 0 saturated carbocycles. The zero-order chi connectivity index (χ0) is 11.5. The van der Waals surface area contributed by atoms with E-state index in [1.165, 1.54) is 11.1 Å². The number of nitrogens with one attached hydrogen (secondary N) is 1. The molecule has 0 aromatic heterocycles. The minimum atomic E-state index is 0.610. The maximum absolute atomic E-state index is 3.52. The van der Waals surface area contributed by atoms with Crippen molar-refractivity contribution in [1.82, 2.24) is 5.32 Å². The Morgan fingerprint density at radius 3 is 1.47 bits per heavy atom. The van der Waals surface area contributed by atoms with Gasteiger partial charge in [-0.1, -0.05) is 60.7 Å². The highest BCUT2D eigenvalue weighted by Gasteiger charge is 2.29. The van der Waals surface area contributed by atoms with Crippen molar-refractivity contribution in [3.8, 4) is 0 Å². The molecule has 1 heteroatoms. The van der Waals surface area contributed by atoms with Crippen LogP contribution in [0.2, 0.25) is 0 Å². The van der Waals surface area contributed by atoms with Gasteiger partial charge in [-0.2, -0.15) is 0 Å². The summed E-state index contributed by atoms with van der Waals surface area (Å²) in [5.74, 6) is 1.22. The molecule has 0 bridgehead atoms. The lowest BCUT2D eigenvalue weighted by atomic mass is 9.84. The first-order valence-electron chi connectivity index (χ1n) is 6.26. The quantitative estimate of drug-likeness (QED) is 0.824. The second-order valence-electron chi connectivity index (χ2n) is 4.69. The van der Waals surface area contributed by atoms with Gasteiger partial charge in [0.05, 0.1) is 0 Å². The van der Waals surface area contributed by atoms with Gasteiger partial charge in [0.1, 0.15) is 0 Å². The molecule has 17 heavy (non-hydrogen) atoms. The molecular formula is C16H17N. The maximum atomic E-state index is 3.52. The third-order valence-corrected chi connectivity index (χ3v) is 3.67. The van der Waals surface area contributed by atoms with E-state index in [1.54, 1.807) is 0 Å². The molecule has 2 aromatic rings. The molecule has 86 valence electrons. The van der Waals surface area contributed by atoms with Crippen LogP contribution in [-0.4, -0.2) is 13.1 Å². The Labute approximate surface area is 102 Å². The van der Waals surface area contributed by atoms with Crippen LogP contribution in [0.25, 0.3) is 0 Å². The van der Waals surface area contributed by atoms with Crippen LogP contribution in [0.3, 0.4) is 0 Å². The summed E-state index contributed by atoms with van der Waals surface area (Å²) in [6, 6.07) is 21.7. The van der Waals surface area contributed by atoms with Crippen LogP contribution in [0.5, 0.6) is 0 Å². The Kier molecular flexibility index (Phi) is 2.93. The first-order chi connectivity index (χ1) is 8.45. The van der Waals surface area contributed by atoms with Gasteiger partial charge in [0.15, 0.2) is 0 Å². The molecule has 1 nitrogen and oxygen atoms in total. The van der Waals surface area contributed by atoms with Crippen molar-refractivity contribution < 1.29 is 0 Å². The molecule has 1 fully saturated rings. The Morgan fingerprint density at radius 2 is 1.06 bits per heavy atom. The summed E-state index contributed by atoms with van der Waals surface area (Å²) in [6.45, 7) is 2.17. The van der Waals surface area contributed by atoms with Crippen molar-refractivity contribution in [3.05, 3.63) is 71.8 Å². The normalized spacial score (nSPS) is 23.8. The van der Waals surface area contributed by atoms with Crippen LogP contribution in [0, 0.1) is 0 Å². The summed E-state index contributed by atoms with van der Waals surface area (Å²) in [7, 11) is 0. The highest BCUT2D eigenvalue weighted by Crippen LogP contribution is 2.35. The van der Waals surface area contributed by atoms with Gasteiger partial charge in [-0.05, 0) is 11.1 Å². The number of rotatable bonds is 2. The van der Waals surface area contributed by atoms with Crippen LogP contribution >= 0.6 is 0 Å². The summed E-state index contributed by atoms with van der Waals surface area (Å²) in [5.41, 5.74) is 2.90. The molecule has 2 atom stereocenters. The van der Waals surface area contributed by atoms with Gasteiger partial charge in [-0.15, -0.1) is 0 Å². The van der Waals surface area contributed by atoms with Crippen molar-refractivity contribution in [2.24, 2.45) is 0 Å². The van der Waals surface area contributed by atoms with Crippen LogP contribution in [0.1, 0.15) is 23.0 Å². The van der Waals surface area contributed by atoms with E-state index in [0.717, 1.165) is 13.1 Å². The number of hydrogen-bond acceptors (Lipinski definition) is 1. The van der Waals surface area contributed by atoms with Gasteiger partial charge in [-0.25, -0.2) is 0 Å². The standard InChI is InChI=1S/C16H17N/c1-3-7-13(8-4-1)15-11-17-12-16(15)14-9-5-2-6-10-14/h1-10,15-17H,11-12H2/t15-,16-/m0/s1. The van der Waals surface area contributed by atoms with Crippen LogP contribution in [0.4, 0.5) is 0 Å². The fourth-order valence-corrected chi connectivity index (χ4v) is 2.78. The second kappa shape index (κ2) is 4.72. The molecule has 0 aliphatic carbocycles. The van der Waals surface area contributed by atoms with E-state index in [9.17, 15) is 0 Å². The Hall–Kier alpha value is -1.60. The minimum absolute atomic E-state index is 0.610. The van der Waals surface area contributed by atoms with Crippen molar-refractivity contribution in [2.45, 2.75) is 11.8 Å². The third-order valence-electron chi connectivity index (χ3n) is 3.67. The molecule has 1 saturated heterocycles. The lowest BCUT2D eigenvalue weighted by Crippen LogP contribution is -2.08. The van der Waals surface area contributed by atoms with E-state index in [4.69, 9.17) is 0 Å². The molecule has 1 heterocycles. The lowest BCUT2D eigenvalue weighted by Gasteiger charge is -2.19. The SMILES string of the molecule is c1ccc([C@@H]2CNC[C@H]2c2ccccc2)cc1. The van der Waals surface area contributed by atoms with Crippen molar-refractivity contribution in [3.63, 3.8) is 0 Å². The van der Waals surface area contributed by atoms with Crippen molar-refractivity contribution >= 4 is 0 Å². The maximum Gasteiger partial charge on any atom is 0.00443 e. The first-order valence-corrected chi connectivity index (χ1v) is 6.26. The van der Waals surface area contributed by atoms with Gasteiger partial charge >= 0.3 is 0 Å². The molecule has 0 unspecified atom stereocenters. The predicted octanol–water partition coefficient (Wildman–Crippen LogP) is 3.16. The predicted molar refractivity (Wildman–Crippen MR) is 71.2 cm³/mol. The zero-order valence-electron chi connectivity index (χ0n) is 9.84. The fourth-order valence-electron chi connectivity index (χ4n) is 2.78. The molecule has 0 amide bonds. The van der Waals surface area contributed by atoms with Crippen LogP contribution in [-0.2, 0) is 0 Å². The topological polar surface area (TPSA) is 12.0 Å². The monoisotopic (exact) mass is 223 g/mol.